The van der Waals surface area contributed by atoms with Gasteiger partial charge in [0, 0.05) is 18.6 Å². The number of benzene rings is 2. The highest BCUT2D eigenvalue weighted by Gasteiger charge is 2.29. The minimum atomic E-state index is -0.557. The molecule has 2 aliphatic rings. The van der Waals surface area contributed by atoms with E-state index in [0.29, 0.717) is 28.6 Å². The van der Waals surface area contributed by atoms with Gasteiger partial charge in [0.25, 0.3) is 5.91 Å². The number of amides is 1. The number of carbonyl (C=O) groups excluding carboxylic acids is 1. The van der Waals surface area contributed by atoms with Crippen molar-refractivity contribution in [2.24, 2.45) is 0 Å². The third kappa shape index (κ3) is 2.23. The highest BCUT2D eigenvalue weighted by atomic mass is 35.5. The van der Waals surface area contributed by atoms with Gasteiger partial charge in [-0.2, -0.15) is 0 Å². The highest BCUT2D eigenvalue weighted by Crippen LogP contribution is 2.39. The van der Waals surface area contributed by atoms with Gasteiger partial charge in [-0.05, 0) is 11.6 Å². The number of fused-ring (bicyclic) bond motifs is 2. The molecule has 5 nitrogen and oxygen atoms in total. The van der Waals surface area contributed by atoms with E-state index < -0.39 is 6.10 Å². The molecule has 2 aromatic rings. The molecule has 0 bridgehead atoms. The molecular formula is C16H12ClNO4. The van der Waals surface area contributed by atoms with Crippen molar-refractivity contribution in [1.29, 1.82) is 0 Å². The minimum Gasteiger partial charge on any atom is -0.480 e. The lowest BCUT2D eigenvalue weighted by Gasteiger charge is -2.13. The number of hydrogen-bond donors (Lipinski definition) is 1. The van der Waals surface area contributed by atoms with E-state index in [1.54, 1.807) is 12.1 Å². The fourth-order valence-electron chi connectivity index (χ4n) is 2.55. The van der Waals surface area contributed by atoms with Gasteiger partial charge in [0.15, 0.2) is 17.6 Å². The maximum atomic E-state index is 12.4. The van der Waals surface area contributed by atoms with Crippen molar-refractivity contribution in [3.8, 4) is 17.2 Å². The molecule has 0 saturated heterocycles. The number of halogens is 1. The van der Waals surface area contributed by atoms with Crippen LogP contribution in [0, 0.1) is 0 Å². The van der Waals surface area contributed by atoms with Crippen LogP contribution in [0.25, 0.3) is 0 Å². The van der Waals surface area contributed by atoms with Gasteiger partial charge in [0.2, 0.25) is 6.79 Å². The summed E-state index contributed by atoms with van der Waals surface area (Å²) in [5.41, 5.74) is 1.51. The first-order valence-electron chi connectivity index (χ1n) is 6.85. The zero-order valence-electron chi connectivity index (χ0n) is 11.5. The van der Waals surface area contributed by atoms with Crippen molar-refractivity contribution < 1.29 is 19.0 Å². The smallest absolute Gasteiger partial charge is 0.265 e. The second-order valence-corrected chi connectivity index (χ2v) is 5.50. The van der Waals surface area contributed by atoms with Crippen molar-refractivity contribution in [1.82, 2.24) is 0 Å². The molecule has 0 fully saturated rings. The quantitative estimate of drug-likeness (QED) is 0.925. The van der Waals surface area contributed by atoms with Gasteiger partial charge in [-0.3, -0.25) is 4.79 Å². The second-order valence-electron chi connectivity index (χ2n) is 5.09. The summed E-state index contributed by atoms with van der Waals surface area (Å²) in [5, 5.41) is 3.18. The molecule has 0 aliphatic carbocycles. The SMILES string of the molecule is O=C(Nc1cc2c(cc1Cl)OCO2)C1Cc2ccccc2O1. The van der Waals surface area contributed by atoms with Crippen molar-refractivity contribution in [2.75, 3.05) is 12.1 Å². The Labute approximate surface area is 131 Å². The number of para-hydroxylation sites is 1. The number of nitrogens with one attached hydrogen (secondary N) is 1. The lowest BCUT2D eigenvalue weighted by atomic mass is 10.1. The van der Waals surface area contributed by atoms with Crippen LogP contribution < -0.4 is 19.5 Å². The number of hydrogen-bond acceptors (Lipinski definition) is 4. The molecule has 0 spiro atoms. The lowest BCUT2D eigenvalue weighted by molar-refractivity contribution is -0.122. The van der Waals surface area contributed by atoms with E-state index in [1.807, 2.05) is 24.3 Å². The Morgan fingerprint density at radius 3 is 2.73 bits per heavy atom. The zero-order chi connectivity index (χ0) is 15.1. The van der Waals surface area contributed by atoms with E-state index in [-0.39, 0.29) is 12.7 Å². The second kappa shape index (κ2) is 5.10. The van der Waals surface area contributed by atoms with Crippen LogP contribution in [-0.2, 0) is 11.2 Å². The molecule has 0 radical (unpaired) electrons. The average Bonchev–Trinajstić information content (AvgIpc) is 3.13. The van der Waals surface area contributed by atoms with E-state index >= 15 is 0 Å². The van der Waals surface area contributed by atoms with E-state index in [4.69, 9.17) is 25.8 Å². The van der Waals surface area contributed by atoms with E-state index in [1.165, 1.54) is 0 Å². The monoisotopic (exact) mass is 317 g/mol. The number of anilines is 1. The number of carbonyl (C=O) groups is 1. The molecule has 6 heteroatoms. The summed E-state index contributed by atoms with van der Waals surface area (Å²) in [5.74, 6) is 1.65. The maximum Gasteiger partial charge on any atom is 0.265 e. The molecule has 112 valence electrons. The van der Waals surface area contributed by atoms with Crippen LogP contribution in [0.2, 0.25) is 5.02 Å². The molecule has 0 saturated carbocycles. The Bertz CT molecular complexity index is 737. The van der Waals surface area contributed by atoms with Gasteiger partial charge < -0.3 is 19.5 Å². The van der Waals surface area contributed by atoms with Crippen LogP contribution in [0.3, 0.4) is 0 Å². The van der Waals surface area contributed by atoms with Crippen molar-refractivity contribution in [3.05, 3.63) is 47.0 Å². The summed E-state index contributed by atoms with van der Waals surface area (Å²) < 4.78 is 16.2. The summed E-state index contributed by atoms with van der Waals surface area (Å²) in [7, 11) is 0. The van der Waals surface area contributed by atoms with Gasteiger partial charge in [-0.15, -0.1) is 0 Å². The van der Waals surface area contributed by atoms with E-state index in [2.05, 4.69) is 5.32 Å². The minimum absolute atomic E-state index is 0.157. The standard InChI is InChI=1S/C16H12ClNO4/c17-10-6-13-14(21-8-20-13)7-11(10)18-16(19)15-5-9-3-1-2-4-12(9)22-15/h1-4,6-7,15H,5,8H2,(H,18,19). The zero-order valence-corrected chi connectivity index (χ0v) is 12.2. The number of ether oxygens (including phenoxy) is 3. The van der Waals surface area contributed by atoms with Crippen LogP contribution >= 0.6 is 11.6 Å². The molecule has 2 heterocycles. The first-order chi connectivity index (χ1) is 10.7. The van der Waals surface area contributed by atoms with Crippen LogP contribution in [-0.4, -0.2) is 18.8 Å². The highest BCUT2D eigenvalue weighted by molar-refractivity contribution is 6.34. The Balaban J connectivity index is 1.52. The van der Waals surface area contributed by atoms with Crippen LogP contribution in [0.5, 0.6) is 17.2 Å². The summed E-state index contributed by atoms with van der Waals surface area (Å²) in [6, 6.07) is 10.9. The molecule has 2 aromatic carbocycles. The van der Waals surface area contributed by atoms with Gasteiger partial charge in [0.1, 0.15) is 5.75 Å². The molecule has 1 unspecified atom stereocenters. The summed E-state index contributed by atoms with van der Waals surface area (Å²) >= 11 is 6.16. The van der Waals surface area contributed by atoms with Gasteiger partial charge in [0.05, 0.1) is 10.7 Å². The molecular weight excluding hydrogens is 306 g/mol. The predicted octanol–water partition coefficient (Wildman–Crippen LogP) is 3.01. The maximum absolute atomic E-state index is 12.4. The fraction of sp³-hybridized carbons (Fsp3) is 0.188. The largest absolute Gasteiger partial charge is 0.480 e. The van der Waals surface area contributed by atoms with Crippen LogP contribution in [0.1, 0.15) is 5.56 Å². The normalized spacial score (nSPS) is 17.8. The summed E-state index contributed by atoms with van der Waals surface area (Å²) in [6.07, 6.45) is -0.0108. The Morgan fingerprint density at radius 2 is 1.91 bits per heavy atom. The van der Waals surface area contributed by atoms with Gasteiger partial charge in [-0.25, -0.2) is 0 Å². The molecule has 1 N–H and O–H groups in total. The third-order valence-electron chi connectivity index (χ3n) is 3.66. The topological polar surface area (TPSA) is 56.8 Å². The van der Waals surface area contributed by atoms with Crippen molar-refractivity contribution >= 4 is 23.2 Å². The molecule has 2 aliphatic heterocycles. The summed E-state index contributed by atoms with van der Waals surface area (Å²) in [4.78, 5) is 12.4. The molecule has 22 heavy (non-hydrogen) atoms. The van der Waals surface area contributed by atoms with Crippen molar-refractivity contribution in [2.45, 2.75) is 12.5 Å². The average molecular weight is 318 g/mol. The van der Waals surface area contributed by atoms with Gasteiger partial charge >= 0.3 is 0 Å². The number of rotatable bonds is 2. The fourth-order valence-corrected chi connectivity index (χ4v) is 2.76. The van der Waals surface area contributed by atoms with Crippen molar-refractivity contribution in [3.63, 3.8) is 0 Å². The molecule has 0 aromatic heterocycles. The molecule has 1 amide bonds. The molecule has 1 atom stereocenters. The Kier molecular flexibility index (Phi) is 3.08. The molecule has 4 rings (SSSR count). The first kappa shape index (κ1) is 13.3. The third-order valence-corrected chi connectivity index (χ3v) is 3.97. The first-order valence-corrected chi connectivity index (χ1v) is 7.23. The van der Waals surface area contributed by atoms with Crippen LogP contribution in [0.4, 0.5) is 5.69 Å². The Hall–Kier alpha value is -2.40. The van der Waals surface area contributed by atoms with E-state index in [9.17, 15) is 4.79 Å². The Morgan fingerprint density at radius 1 is 1.14 bits per heavy atom. The van der Waals surface area contributed by atoms with Gasteiger partial charge in [-0.1, -0.05) is 29.8 Å². The lowest BCUT2D eigenvalue weighted by Crippen LogP contribution is -2.31. The summed E-state index contributed by atoms with van der Waals surface area (Å²) in [6.45, 7) is 0.157. The van der Waals surface area contributed by atoms with E-state index in [0.717, 1.165) is 11.3 Å². The predicted molar refractivity (Wildman–Crippen MR) is 80.8 cm³/mol. The van der Waals surface area contributed by atoms with Crippen LogP contribution in [0.15, 0.2) is 36.4 Å².